The minimum Gasteiger partial charge on any atom is -0.410 e. The Morgan fingerprint density at radius 3 is 2.77 bits per heavy atom. The molecule has 0 bridgehead atoms. The highest BCUT2D eigenvalue weighted by molar-refractivity contribution is 5.86. The summed E-state index contributed by atoms with van der Waals surface area (Å²) >= 11 is 0. The monoisotopic (exact) mass is 353 g/mol. The van der Waals surface area contributed by atoms with E-state index < -0.39 is 6.09 Å². The van der Waals surface area contributed by atoms with Crippen molar-refractivity contribution in [2.24, 2.45) is 0 Å². The summed E-state index contributed by atoms with van der Waals surface area (Å²) < 4.78 is 5.50. The number of hydrogen-bond donors (Lipinski definition) is 1. The number of nitrogens with one attached hydrogen (secondary N) is 1. The second-order valence-electron chi connectivity index (χ2n) is 7.15. The fourth-order valence-electron chi connectivity index (χ4n) is 3.86. The lowest BCUT2D eigenvalue weighted by molar-refractivity contribution is -0.226. The fourth-order valence-corrected chi connectivity index (χ4v) is 3.86. The van der Waals surface area contributed by atoms with Gasteiger partial charge in [-0.25, -0.2) is 4.79 Å². The van der Waals surface area contributed by atoms with Gasteiger partial charge in [-0.15, -0.1) is 0 Å². The van der Waals surface area contributed by atoms with Crippen LogP contribution in [0.3, 0.4) is 0 Å². The Balaban J connectivity index is 1.56. The van der Waals surface area contributed by atoms with Crippen LogP contribution in [0.2, 0.25) is 0 Å². The molecule has 0 aliphatic carbocycles. The van der Waals surface area contributed by atoms with Crippen molar-refractivity contribution in [3.8, 4) is 5.75 Å². The number of hydrogen-bond acceptors (Lipinski definition) is 5. The lowest BCUT2D eigenvalue weighted by Gasteiger charge is -2.42. The molecule has 2 aromatic rings. The number of fused-ring (bicyclic) bond motifs is 3. The first-order valence-electron chi connectivity index (χ1n) is 8.76. The number of hydroxylamine groups is 2. The lowest BCUT2D eigenvalue weighted by Crippen LogP contribution is -2.52. The Hall–Kier alpha value is -2.57. The summed E-state index contributed by atoms with van der Waals surface area (Å²) in [5.41, 5.74) is 2.84. The van der Waals surface area contributed by atoms with Crippen LogP contribution < -0.4 is 15.0 Å². The van der Waals surface area contributed by atoms with Crippen LogP contribution >= 0.6 is 0 Å². The van der Waals surface area contributed by atoms with Crippen molar-refractivity contribution in [3.05, 3.63) is 54.1 Å². The molecule has 26 heavy (non-hydrogen) atoms. The Morgan fingerprint density at radius 1 is 1.23 bits per heavy atom. The minimum atomic E-state index is -0.496. The van der Waals surface area contributed by atoms with Crippen LogP contribution in [0.4, 0.5) is 16.2 Å². The van der Waals surface area contributed by atoms with E-state index in [-0.39, 0.29) is 11.6 Å². The van der Waals surface area contributed by atoms with E-state index in [1.807, 2.05) is 67.7 Å². The number of carbonyl (C=O) groups excluding carboxylic acids is 1. The average molecular weight is 353 g/mol. The van der Waals surface area contributed by atoms with E-state index in [0.29, 0.717) is 11.4 Å². The fraction of sp³-hybridized carbons (Fsp3) is 0.350. The third-order valence-electron chi connectivity index (χ3n) is 5.32. The molecule has 1 fully saturated rings. The first kappa shape index (κ1) is 16.9. The lowest BCUT2D eigenvalue weighted by atomic mass is 9.79. The van der Waals surface area contributed by atoms with Crippen LogP contribution in [0, 0.1) is 0 Å². The summed E-state index contributed by atoms with van der Waals surface area (Å²) in [7, 11) is 4.00. The van der Waals surface area contributed by atoms with Crippen molar-refractivity contribution in [1.29, 1.82) is 0 Å². The molecule has 0 aromatic heterocycles. The summed E-state index contributed by atoms with van der Waals surface area (Å²) in [5, 5.41) is 4.62. The number of nitrogens with zero attached hydrogens (tertiary/aromatic N) is 2. The van der Waals surface area contributed by atoms with Crippen molar-refractivity contribution in [3.63, 3.8) is 0 Å². The van der Waals surface area contributed by atoms with E-state index in [1.165, 1.54) is 0 Å². The molecular formula is C20H23N3O3. The molecule has 2 heterocycles. The number of benzene rings is 2. The minimum absolute atomic E-state index is 0.0513. The summed E-state index contributed by atoms with van der Waals surface area (Å²) in [6.45, 7) is 3.07. The summed E-state index contributed by atoms with van der Waals surface area (Å²) in [6.07, 6.45) is 0.430. The molecule has 6 nitrogen and oxygen atoms in total. The highest BCUT2D eigenvalue weighted by Crippen LogP contribution is 2.50. The Kier molecular flexibility index (Phi) is 4.09. The van der Waals surface area contributed by atoms with E-state index in [9.17, 15) is 4.79 Å². The van der Waals surface area contributed by atoms with Crippen molar-refractivity contribution < 1.29 is 14.4 Å². The maximum Gasteiger partial charge on any atom is 0.417 e. The predicted molar refractivity (Wildman–Crippen MR) is 100 cm³/mol. The van der Waals surface area contributed by atoms with E-state index >= 15 is 0 Å². The summed E-state index contributed by atoms with van der Waals surface area (Å²) in [5.74, 6) is 0.534. The number of amides is 1. The first-order valence-corrected chi connectivity index (χ1v) is 8.76. The molecule has 1 amide bonds. The third-order valence-corrected chi connectivity index (χ3v) is 5.32. The van der Waals surface area contributed by atoms with Crippen LogP contribution in [-0.2, 0) is 10.3 Å². The van der Waals surface area contributed by atoms with Crippen LogP contribution in [0.5, 0.6) is 5.75 Å². The van der Waals surface area contributed by atoms with Gasteiger partial charge >= 0.3 is 6.09 Å². The third kappa shape index (κ3) is 2.81. The average Bonchev–Trinajstić information content (AvgIpc) is 2.84. The molecule has 2 aliphatic heterocycles. The van der Waals surface area contributed by atoms with Crippen LogP contribution in [0.25, 0.3) is 0 Å². The van der Waals surface area contributed by atoms with Crippen molar-refractivity contribution in [2.75, 3.05) is 30.9 Å². The van der Waals surface area contributed by atoms with Gasteiger partial charge in [-0.3, -0.25) is 10.2 Å². The topological polar surface area (TPSA) is 54.0 Å². The van der Waals surface area contributed by atoms with E-state index in [2.05, 4.69) is 17.1 Å². The van der Waals surface area contributed by atoms with Crippen molar-refractivity contribution in [2.45, 2.75) is 25.0 Å². The van der Waals surface area contributed by atoms with Gasteiger partial charge < -0.3 is 9.64 Å². The number of anilines is 2. The van der Waals surface area contributed by atoms with Gasteiger partial charge in [0.1, 0.15) is 5.75 Å². The maximum absolute atomic E-state index is 12.2. The van der Waals surface area contributed by atoms with E-state index in [4.69, 9.17) is 9.57 Å². The Labute approximate surface area is 153 Å². The van der Waals surface area contributed by atoms with Crippen molar-refractivity contribution >= 4 is 17.5 Å². The van der Waals surface area contributed by atoms with Crippen molar-refractivity contribution in [1.82, 2.24) is 5.06 Å². The first-order chi connectivity index (χ1) is 12.5. The molecule has 2 atom stereocenters. The molecule has 4 rings (SSSR count). The zero-order chi connectivity index (χ0) is 18.3. The molecule has 1 saturated heterocycles. The van der Waals surface area contributed by atoms with Gasteiger partial charge in [-0.05, 0) is 42.3 Å². The largest absolute Gasteiger partial charge is 0.417 e. The molecular weight excluding hydrogens is 330 g/mol. The van der Waals surface area contributed by atoms with Gasteiger partial charge in [0.15, 0.2) is 6.23 Å². The molecule has 136 valence electrons. The number of likely N-dealkylation sites (N-methyl/N-ethyl adjacent to an activating group) is 1. The molecule has 0 unspecified atom stereocenters. The molecule has 0 saturated carbocycles. The summed E-state index contributed by atoms with van der Waals surface area (Å²) in [6, 6.07) is 15.0. The standard InChI is InChI=1S/C20H23N3O3/c1-20-11-12-22(2)26-18(20)23(3)17-10-9-15(13-16(17)20)25-19(24)21-14-7-5-4-6-8-14/h4-10,13,18H,11-12H2,1-3H3,(H,21,24)/t18-,20-/m0/s1. The normalized spacial score (nSPS) is 24.7. The quantitative estimate of drug-likeness (QED) is 0.894. The van der Waals surface area contributed by atoms with E-state index in [0.717, 1.165) is 24.2 Å². The molecule has 0 radical (unpaired) electrons. The molecule has 0 spiro atoms. The van der Waals surface area contributed by atoms with Crippen LogP contribution in [0.1, 0.15) is 18.9 Å². The van der Waals surface area contributed by atoms with Gasteiger partial charge in [-0.2, -0.15) is 5.06 Å². The highest BCUT2D eigenvalue weighted by Gasteiger charge is 2.50. The smallest absolute Gasteiger partial charge is 0.410 e. The second kappa shape index (κ2) is 6.30. The zero-order valence-electron chi connectivity index (χ0n) is 15.2. The van der Waals surface area contributed by atoms with Gasteiger partial charge in [0.25, 0.3) is 0 Å². The van der Waals surface area contributed by atoms with E-state index in [1.54, 1.807) is 0 Å². The summed E-state index contributed by atoms with van der Waals surface area (Å²) in [4.78, 5) is 20.4. The maximum atomic E-state index is 12.2. The van der Waals surface area contributed by atoms with Gasteiger partial charge in [-0.1, -0.05) is 25.1 Å². The Bertz CT molecular complexity index is 826. The molecule has 6 heteroatoms. The zero-order valence-corrected chi connectivity index (χ0v) is 15.2. The Morgan fingerprint density at radius 2 is 2.00 bits per heavy atom. The SMILES string of the molecule is CN1CC[C@@]2(C)c3cc(OC(=O)Nc4ccccc4)ccc3N(C)[C@H]2O1. The molecule has 2 aliphatic rings. The molecule has 2 aromatic carbocycles. The van der Waals surface area contributed by atoms with Crippen LogP contribution in [0.15, 0.2) is 48.5 Å². The molecule has 1 N–H and O–H groups in total. The number of para-hydroxylation sites is 1. The van der Waals surface area contributed by atoms with Gasteiger partial charge in [0, 0.05) is 37.4 Å². The second-order valence-corrected chi connectivity index (χ2v) is 7.15. The number of ether oxygens (including phenoxy) is 1. The van der Waals surface area contributed by atoms with Gasteiger partial charge in [0.2, 0.25) is 0 Å². The highest BCUT2D eigenvalue weighted by atomic mass is 16.7. The number of rotatable bonds is 2. The van der Waals surface area contributed by atoms with Gasteiger partial charge in [0.05, 0.1) is 0 Å². The number of carbonyl (C=O) groups is 1. The van der Waals surface area contributed by atoms with Crippen LogP contribution in [-0.4, -0.2) is 38.0 Å². The predicted octanol–water partition coefficient (Wildman–Crippen LogP) is 3.60.